The summed E-state index contributed by atoms with van der Waals surface area (Å²) in [4.78, 5) is 0. The number of hydrogen-bond acceptors (Lipinski definition) is 2. The van der Waals surface area contributed by atoms with Crippen LogP contribution in [-0.4, -0.2) is 18.8 Å². The molecular weight excluding hydrogens is 335 g/mol. The van der Waals surface area contributed by atoms with Crippen molar-refractivity contribution in [1.82, 2.24) is 0 Å². The highest BCUT2D eigenvalue weighted by molar-refractivity contribution is 9.10. The normalized spacial score (nSPS) is 12.2. The molecule has 0 aliphatic carbocycles. The quantitative estimate of drug-likeness (QED) is 0.851. The summed E-state index contributed by atoms with van der Waals surface area (Å²) in [6, 6.07) is 12.3. The summed E-state index contributed by atoms with van der Waals surface area (Å²) in [7, 11) is 1.63. The Labute approximate surface area is 132 Å². The van der Waals surface area contributed by atoms with Gasteiger partial charge >= 0.3 is 0 Å². The predicted molar refractivity (Wildman–Crippen MR) is 85.1 cm³/mol. The topological polar surface area (TPSA) is 29.5 Å². The molecule has 2 aromatic rings. The van der Waals surface area contributed by atoms with Crippen LogP contribution in [0.3, 0.4) is 0 Å². The van der Waals surface area contributed by atoms with Crippen molar-refractivity contribution < 1.29 is 14.2 Å². The van der Waals surface area contributed by atoms with Crippen molar-refractivity contribution in [1.29, 1.82) is 0 Å². The molecule has 0 fully saturated rings. The van der Waals surface area contributed by atoms with E-state index in [0.717, 1.165) is 21.3 Å². The first kappa shape index (κ1) is 16.0. The third kappa shape index (κ3) is 4.55. The van der Waals surface area contributed by atoms with Gasteiger partial charge in [0.25, 0.3) is 0 Å². The first-order valence-corrected chi connectivity index (χ1v) is 7.59. The van der Waals surface area contributed by atoms with Crippen LogP contribution in [0.4, 0.5) is 4.39 Å². The second-order valence-corrected chi connectivity index (χ2v) is 5.90. The van der Waals surface area contributed by atoms with E-state index >= 15 is 0 Å². The fourth-order valence-corrected chi connectivity index (χ4v) is 2.75. The van der Waals surface area contributed by atoms with Gasteiger partial charge < -0.3 is 9.84 Å². The lowest BCUT2D eigenvalue weighted by atomic mass is 9.93. The number of aliphatic hydroxyl groups is 1. The molecular formula is C17H18BrFO2. The predicted octanol–water partition coefficient (Wildman–Crippen LogP) is 3.99. The summed E-state index contributed by atoms with van der Waals surface area (Å²) >= 11 is 3.52. The molecule has 0 heterocycles. The van der Waals surface area contributed by atoms with Crippen LogP contribution in [0.5, 0.6) is 5.75 Å². The first-order valence-electron chi connectivity index (χ1n) is 6.80. The van der Waals surface area contributed by atoms with Crippen LogP contribution in [-0.2, 0) is 12.8 Å². The van der Waals surface area contributed by atoms with Crippen LogP contribution in [0.1, 0.15) is 11.1 Å². The van der Waals surface area contributed by atoms with Crippen molar-refractivity contribution in [2.24, 2.45) is 5.92 Å². The summed E-state index contributed by atoms with van der Waals surface area (Å²) in [5.41, 5.74) is 1.97. The average molecular weight is 353 g/mol. The van der Waals surface area contributed by atoms with Gasteiger partial charge in [0.05, 0.1) is 7.11 Å². The lowest BCUT2D eigenvalue weighted by Gasteiger charge is -2.16. The van der Waals surface area contributed by atoms with Crippen molar-refractivity contribution in [3.05, 3.63) is 63.9 Å². The zero-order valence-electron chi connectivity index (χ0n) is 11.9. The minimum Gasteiger partial charge on any atom is -0.497 e. The molecule has 112 valence electrons. The SMILES string of the molecule is COc1ccc(Br)c(CC(CO)Cc2cccc(F)c2)c1. The monoisotopic (exact) mass is 352 g/mol. The third-order valence-corrected chi connectivity index (χ3v) is 4.21. The smallest absolute Gasteiger partial charge is 0.123 e. The molecule has 0 radical (unpaired) electrons. The molecule has 1 atom stereocenters. The zero-order chi connectivity index (χ0) is 15.2. The molecule has 0 aliphatic heterocycles. The lowest BCUT2D eigenvalue weighted by molar-refractivity contribution is 0.224. The molecule has 1 N–H and O–H groups in total. The lowest BCUT2D eigenvalue weighted by Crippen LogP contribution is -2.13. The van der Waals surface area contributed by atoms with E-state index in [2.05, 4.69) is 15.9 Å². The van der Waals surface area contributed by atoms with E-state index in [1.807, 2.05) is 24.3 Å². The van der Waals surface area contributed by atoms with Crippen molar-refractivity contribution in [3.8, 4) is 5.75 Å². The van der Waals surface area contributed by atoms with Crippen molar-refractivity contribution >= 4 is 15.9 Å². The maximum Gasteiger partial charge on any atom is 0.123 e. The molecule has 21 heavy (non-hydrogen) atoms. The molecule has 0 bridgehead atoms. The van der Waals surface area contributed by atoms with Crippen LogP contribution in [0.15, 0.2) is 46.9 Å². The summed E-state index contributed by atoms with van der Waals surface area (Å²) in [6.07, 6.45) is 1.34. The number of halogens is 2. The number of methoxy groups -OCH3 is 1. The number of aliphatic hydroxyl groups excluding tert-OH is 1. The molecule has 0 spiro atoms. The van der Waals surface area contributed by atoms with Gasteiger partial charge in [-0.15, -0.1) is 0 Å². The van der Waals surface area contributed by atoms with Gasteiger partial charge in [-0.3, -0.25) is 0 Å². The average Bonchev–Trinajstić information content (AvgIpc) is 2.48. The van der Waals surface area contributed by atoms with Gasteiger partial charge in [0.15, 0.2) is 0 Å². The Kier molecular flexibility index (Phi) is 5.76. The number of benzene rings is 2. The van der Waals surface area contributed by atoms with Gasteiger partial charge in [-0.1, -0.05) is 28.1 Å². The standard InChI is InChI=1S/C17H18BrFO2/c1-21-16-5-6-17(18)14(10-16)8-13(11-20)7-12-3-2-4-15(19)9-12/h2-6,9-10,13,20H,7-8,11H2,1H3. The molecule has 0 aliphatic rings. The Morgan fingerprint density at radius 1 is 1.19 bits per heavy atom. The summed E-state index contributed by atoms with van der Waals surface area (Å²) < 4.78 is 19.4. The Hall–Kier alpha value is -1.39. The fourth-order valence-electron chi connectivity index (χ4n) is 2.34. The van der Waals surface area contributed by atoms with Gasteiger partial charge in [-0.25, -0.2) is 4.39 Å². The number of ether oxygens (including phenoxy) is 1. The van der Waals surface area contributed by atoms with Crippen LogP contribution >= 0.6 is 15.9 Å². The molecule has 0 aromatic heterocycles. The minimum absolute atomic E-state index is 0.0372. The maximum absolute atomic E-state index is 13.2. The van der Waals surface area contributed by atoms with Crippen molar-refractivity contribution in [2.75, 3.05) is 13.7 Å². The highest BCUT2D eigenvalue weighted by Crippen LogP contribution is 2.26. The van der Waals surface area contributed by atoms with Gasteiger partial charge in [0, 0.05) is 11.1 Å². The van der Waals surface area contributed by atoms with Crippen LogP contribution in [0.25, 0.3) is 0 Å². The van der Waals surface area contributed by atoms with E-state index in [0.29, 0.717) is 12.8 Å². The van der Waals surface area contributed by atoms with E-state index in [9.17, 15) is 9.50 Å². The van der Waals surface area contributed by atoms with E-state index < -0.39 is 0 Å². The molecule has 0 saturated carbocycles. The van der Waals surface area contributed by atoms with E-state index in [-0.39, 0.29) is 18.3 Å². The van der Waals surface area contributed by atoms with Crippen LogP contribution in [0.2, 0.25) is 0 Å². The summed E-state index contributed by atoms with van der Waals surface area (Å²) in [5, 5.41) is 9.60. The van der Waals surface area contributed by atoms with E-state index in [4.69, 9.17) is 4.74 Å². The van der Waals surface area contributed by atoms with E-state index in [1.165, 1.54) is 12.1 Å². The Morgan fingerprint density at radius 2 is 2.00 bits per heavy atom. The molecule has 2 aromatic carbocycles. The molecule has 1 unspecified atom stereocenters. The summed E-state index contributed by atoms with van der Waals surface area (Å²) in [6.45, 7) is 0.0557. The molecule has 0 amide bonds. The fraction of sp³-hybridized carbons (Fsp3) is 0.294. The number of rotatable bonds is 6. The van der Waals surface area contributed by atoms with Gasteiger partial charge in [0.1, 0.15) is 11.6 Å². The largest absolute Gasteiger partial charge is 0.497 e. The van der Waals surface area contributed by atoms with Gasteiger partial charge in [-0.2, -0.15) is 0 Å². The maximum atomic E-state index is 13.2. The summed E-state index contributed by atoms with van der Waals surface area (Å²) in [5.74, 6) is 0.581. The highest BCUT2D eigenvalue weighted by Gasteiger charge is 2.13. The third-order valence-electron chi connectivity index (χ3n) is 3.43. The Balaban J connectivity index is 2.12. The molecule has 4 heteroatoms. The van der Waals surface area contributed by atoms with E-state index in [1.54, 1.807) is 13.2 Å². The second kappa shape index (κ2) is 7.57. The van der Waals surface area contributed by atoms with Crippen molar-refractivity contribution in [3.63, 3.8) is 0 Å². The van der Waals surface area contributed by atoms with Crippen LogP contribution < -0.4 is 4.74 Å². The molecule has 0 saturated heterocycles. The number of hydrogen-bond donors (Lipinski definition) is 1. The zero-order valence-corrected chi connectivity index (χ0v) is 13.4. The Morgan fingerprint density at radius 3 is 2.67 bits per heavy atom. The highest BCUT2D eigenvalue weighted by atomic mass is 79.9. The van der Waals surface area contributed by atoms with Crippen molar-refractivity contribution in [2.45, 2.75) is 12.8 Å². The van der Waals surface area contributed by atoms with Crippen LogP contribution in [0, 0.1) is 11.7 Å². The minimum atomic E-state index is -0.244. The molecule has 2 nitrogen and oxygen atoms in total. The second-order valence-electron chi connectivity index (χ2n) is 5.04. The van der Waals surface area contributed by atoms with Gasteiger partial charge in [0.2, 0.25) is 0 Å². The van der Waals surface area contributed by atoms with Gasteiger partial charge in [-0.05, 0) is 60.2 Å². The Bertz CT molecular complexity index is 601. The first-order chi connectivity index (χ1) is 10.1. The molecule has 2 rings (SSSR count).